The molecule has 2 saturated heterocycles. The van der Waals surface area contributed by atoms with E-state index in [1.807, 2.05) is 11.0 Å². The topological polar surface area (TPSA) is 174 Å². The first-order chi connectivity index (χ1) is 16.9. The van der Waals surface area contributed by atoms with Crippen molar-refractivity contribution >= 4 is 29.0 Å². The van der Waals surface area contributed by atoms with Crippen LogP contribution in [0.5, 0.6) is 0 Å². The van der Waals surface area contributed by atoms with Crippen LogP contribution in [0, 0.1) is 0 Å². The van der Waals surface area contributed by atoms with Crippen molar-refractivity contribution in [1.82, 2.24) is 39.7 Å². The number of aromatic amines is 1. The smallest absolute Gasteiger partial charge is 0.292 e. The minimum Gasteiger partial charge on any atom is -0.384 e. The lowest BCUT2D eigenvalue weighted by Crippen LogP contribution is -2.46. The Morgan fingerprint density at radius 2 is 1.89 bits per heavy atom. The van der Waals surface area contributed by atoms with E-state index in [-0.39, 0.29) is 41.3 Å². The predicted octanol–water partition coefficient (Wildman–Crippen LogP) is 1.83. The third kappa shape index (κ3) is 3.32. The summed E-state index contributed by atoms with van der Waals surface area (Å²) in [7, 11) is 0. The molecule has 1 amide bonds. The third-order valence-corrected chi connectivity index (χ3v) is 7.13. The van der Waals surface area contributed by atoms with Gasteiger partial charge in [-0.3, -0.25) is 9.59 Å². The van der Waals surface area contributed by atoms with E-state index in [0.29, 0.717) is 35.6 Å². The Morgan fingerprint density at radius 3 is 2.51 bits per heavy atom. The first kappa shape index (κ1) is 21.2. The maximum atomic E-state index is 13.0. The second-order valence-electron chi connectivity index (χ2n) is 9.18. The van der Waals surface area contributed by atoms with Crippen LogP contribution in [-0.4, -0.2) is 63.4 Å². The van der Waals surface area contributed by atoms with Crippen LogP contribution in [0.4, 0.5) is 11.6 Å². The Kier molecular flexibility index (Phi) is 4.76. The zero-order valence-electron chi connectivity index (χ0n) is 19.0. The lowest BCUT2D eigenvalue weighted by molar-refractivity contribution is 0.0556. The molecule has 6 rings (SSSR count). The average molecular weight is 473 g/mol. The lowest BCUT2D eigenvalue weighted by Gasteiger charge is -2.38. The highest BCUT2D eigenvalue weighted by Crippen LogP contribution is 2.45. The SMILES string of the molecule is CC(=O)c1c([C@@H]2C[C@H]3CC[C@@H](C2)N3C(=O)c2nnc[nH]2)nc2c(-c3ccc(N)nc3)cnn2c1N. The number of aromatic nitrogens is 7. The number of rotatable bonds is 4. The van der Waals surface area contributed by atoms with Gasteiger partial charge in [-0.05, 0) is 44.7 Å². The molecular weight excluding hydrogens is 448 g/mol. The summed E-state index contributed by atoms with van der Waals surface area (Å²) in [5.41, 5.74) is 15.4. The molecule has 0 aliphatic carbocycles. The van der Waals surface area contributed by atoms with Gasteiger partial charge in [0.2, 0.25) is 5.82 Å². The molecule has 178 valence electrons. The molecule has 0 unspecified atom stereocenters. The van der Waals surface area contributed by atoms with Crippen LogP contribution in [0.2, 0.25) is 0 Å². The Bertz CT molecular complexity index is 1430. The van der Waals surface area contributed by atoms with Gasteiger partial charge in [0, 0.05) is 35.3 Å². The number of hydrogen-bond acceptors (Lipinski definition) is 9. The van der Waals surface area contributed by atoms with Crippen molar-refractivity contribution in [2.45, 2.75) is 50.6 Å². The number of fused-ring (bicyclic) bond motifs is 3. The monoisotopic (exact) mass is 472 g/mol. The summed E-state index contributed by atoms with van der Waals surface area (Å²) in [6.07, 6.45) is 7.89. The van der Waals surface area contributed by atoms with Crippen molar-refractivity contribution in [1.29, 1.82) is 0 Å². The summed E-state index contributed by atoms with van der Waals surface area (Å²) in [6.45, 7) is 1.49. The molecule has 12 heteroatoms. The molecule has 4 aromatic heterocycles. The van der Waals surface area contributed by atoms with E-state index in [0.717, 1.165) is 24.0 Å². The number of H-pyrrole nitrogens is 1. The number of nitrogen functional groups attached to an aromatic ring is 2. The highest BCUT2D eigenvalue weighted by molar-refractivity contribution is 6.00. The van der Waals surface area contributed by atoms with Crippen molar-refractivity contribution in [3.05, 3.63) is 47.9 Å². The highest BCUT2D eigenvalue weighted by Gasteiger charge is 2.45. The molecule has 4 aromatic rings. The molecule has 2 fully saturated rings. The van der Waals surface area contributed by atoms with E-state index in [4.69, 9.17) is 16.5 Å². The first-order valence-electron chi connectivity index (χ1n) is 11.5. The standard InChI is InChI=1S/C23H24N10O2/c1-11(34)18-19(13-6-14-3-4-15(7-13)32(14)23(35)21-27-10-28-31-21)30-22-16(9-29-33(22)20(18)25)12-2-5-17(24)26-8-12/h2,5,8-10,13-15H,3-4,6-7,25H2,1H3,(H2,24,26)(H,27,28,31)/t13-,14-,15+. The van der Waals surface area contributed by atoms with E-state index < -0.39 is 0 Å². The number of ketones is 1. The minimum atomic E-state index is -0.161. The quantitative estimate of drug-likeness (QED) is 0.374. The maximum absolute atomic E-state index is 13.0. The number of pyridine rings is 1. The molecule has 0 saturated carbocycles. The van der Waals surface area contributed by atoms with E-state index >= 15 is 0 Å². The second-order valence-corrected chi connectivity index (χ2v) is 9.18. The molecule has 0 spiro atoms. The van der Waals surface area contributed by atoms with Gasteiger partial charge in [0.25, 0.3) is 5.91 Å². The van der Waals surface area contributed by atoms with Gasteiger partial charge in [0.15, 0.2) is 11.4 Å². The number of nitrogens with zero attached hydrogens (tertiary/aromatic N) is 7. The molecule has 5 N–H and O–H groups in total. The molecule has 6 heterocycles. The molecule has 12 nitrogen and oxygen atoms in total. The number of anilines is 2. The number of hydrogen-bond donors (Lipinski definition) is 3. The van der Waals surface area contributed by atoms with Gasteiger partial charge in [-0.1, -0.05) is 0 Å². The number of nitrogens with one attached hydrogen (secondary N) is 1. The summed E-state index contributed by atoms with van der Waals surface area (Å²) in [6, 6.07) is 3.62. The number of carbonyl (C=O) groups is 2. The second kappa shape index (κ2) is 7.86. The van der Waals surface area contributed by atoms with Gasteiger partial charge < -0.3 is 21.4 Å². The molecule has 0 aromatic carbocycles. The van der Waals surface area contributed by atoms with Crippen molar-refractivity contribution in [3.63, 3.8) is 0 Å². The molecule has 0 radical (unpaired) electrons. The fraction of sp³-hybridized carbons (Fsp3) is 0.348. The van der Waals surface area contributed by atoms with Gasteiger partial charge in [0.1, 0.15) is 18.0 Å². The Labute approximate surface area is 199 Å². The summed E-state index contributed by atoms with van der Waals surface area (Å²) in [5.74, 6) is 0.598. The highest BCUT2D eigenvalue weighted by atomic mass is 16.2. The molecule has 2 aliphatic heterocycles. The molecule has 2 bridgehead atoms. The molecule has 2 aliphatic rings. The number of piperidine rings is 1. The predicted molar refractivity (Wildman–Crippen MR) is 126 cm³/mol. The maximum Gasteiger partial charge on any atom is 0.292 e. The summed E-state index contributed by atoms with van der Waals surface area (Å²) < 4.78 is 1.50. The first-order valence-corrected chi connectivity index (χ1v) is 11.5. The molecular formula is C23H24N10O2. The van der Waals surface area contributed by atoms with Gasteiger partial charge in [-0.25, -0.2) is 9.97 Å². The zero-order valence-corrected chi connectivity index (χ0v) is 19.0. The fourth-order valence-corrected chi connectivity index (χ4v) is 5.62. The Morgan fingerprint density at radius 1 is 1.11 bits per heavy atom. The van der Waals surface area contributed by atoms with Gasteiger partial charge >= 0.3 is 0 Å². The summed E-state index contributed by atoms with van der Waals surface area (Å²) >= 11 is 0. The van der Waals surface area contributed by atoms with E-state index in [9.17, 15) is 9.59 Å². The fourth-order valence-electron chi connectivity index (χ4n) is 5.62. The number of Topliss-reactive ketones (excluding diaryl/α,β-unsaturated/α-hetero) is 1. The normalized spacial score (nSPS) is 21.5. The molecule has 35 heavy (non-hydrogen) atoms. The van der Waals surface area contributed by atoms with Gasteiger partial charge in [0.05, 0.1) is 17.5 Å². The van der Waals surface area contributed by atoms with Crippen molar-refractivity contribution in [2.24, 2.45) is 0 Å². The summed E-state index contributed by atoms with van der Waals surface area (Å²) in [4.78, 5) is 39.6. The number of amides is 1. The van der Waals surface area contributed by atoms with Crippen LogP contribution in [0.15, 0.2) is 30.9 Å². The van der Waals surface area contributed by atoms with Gasteiger partial charge in [-0.2, -0.15) is 9.61 Å². The van der Waals surface area contributed by atoms with Crippen molar-refractivity contribution in [3.8, 4) is 11.1 Å². The third-order valence-electron chi connectivity index (χ3n) is 7.13. The van der Waals surface area contributed by atoms with Crippen LogP contribution >= 0.6 is 0 Å². The minimum absolute atomic E-state index is 0.0234. The van der Waals surface area contributed by atoms with Crippen LogP contribution in [-0.2, 0) is 0 Å². The number of nitrogens with two attached hydrogens (primary N) is 2. The average Bonchev–Trinajstić information content (AvgIpc) is 3.57. The largest absolute Gasteiger partial charge is 0.384 e. The molecule has 3 atom stereocenters. The summed E-state index contributed by atoms with van der Waals surface area (Å²) in [5, 5.41) is 12.0. The van der Waals surface area contributed by atoms with Gasteiger partial charge in [-0.15, -0.1) is 10.2 Å². The van der Waals surface area contributed by atoms with Crippen molar-refractivity contribution < 1.29 is 9.59 Å². The Balaban J connectivity index is 1.41. The zero-order chi connectivity index (χ0) is 24.3. The lowest BCUT2D eigenvalue weighted by atomic mass is 9.85. The Hall–Kier alpha value is -4.35. The van der Waals surface area contributed by atoms with E-state index in [1.54, 1.807) is 18.5 Å². The van der Waals surface area contributed by atoms with Crippen LogP contribution in [0.25, 0.3) is 16.8 Å². The van der Waals surface area contributed by atoms with Crippen LogP contribution < -0.4 is 11.5 Å². The van der Waals surface area contributed by atoms with Crippen molar-refractivity contribution in [2.75, 3.05) is 11.5 Å². The van der Waals surface area contributed by atoms with Crippen LogP contribution in [0.3, 0.4) is 0 Å². The number of carbonyl (C=O) groups excluding carboxylic acids is 2. The van der Waals surface area contributed by atoms with E-state index in [2.05, 4.69) is 25.3 Å². The van der Waals surface area contributed by atoms with E-state index in [1.165, 1.54) is 17.8 Å². The van der Waals surface area contributed by atoms with Crippen LogP contribution in [0.1, 0.15) is 65.2 Å².